The lowest BCUT2D eigenvalue weighted by atomic mass is 10.0. The van der Waals surface area contributed by atoms with Gasteiger partial charge in [-0.3, -0.25) is 9.00 Å². The number of halogens is 2. The van der Waals surface area contributed by atoms with E-state index in [4.69, 9.17) is 9.47 Å². The number of nitrogens with zero attached hydrogens (tertiary/aromatic N) is 2. The highest BCUT2D eigenvalue weighted by Crippen LogP contribution is 2.30. The number of aromatic nitrogens is 2. The number of aryl methyl sites for hydroxylation is 1. The molecule has 0 aliphatic rings. The fourth-order valence-corrected chi connectivity index (χ4v) is 5.47. The molecule has 0 saturated heterocycles. The number of alkyl halides is 2. The van der Waals surface area contributed by atoms with Crippen LogP contribution in [-0.2, 0) is 34.3 Å². The first-order chi connectivity index (χ1) is 20.4. The average Bonchev–Trinajstić information content (AvgIpc) is 3.42. The van der Waals surface area contributed by atoms with Crippen LogP contribution < -0.4 is 9.47 Å². The second-order valence-electron chi connectivity index (χ2n) is 9.69. The van der Waals surface area contributed by atoms with Crippen molar-refractivity contribution in [1.82, 2.24) is 9.55 Å². The second-order valence-corrected chi connectivity index (χ2v) is 11.1. The van der Waals surface area contributed by atoms with Gasteiger partial charge in [-0.05, 0) is 78.1 Å². The summed E-state index contributed by atoms with van der Waals surface area (Å²) < 4.78 is 51.3. The molecule has 0 aliphatic carbocycles. The molecule has 0 saturated carbocycles. The highest BCUT2D eigenvalue weighted by atomic mass is 32.2. The van der Waals surface area contributed by atoms with Crippen molar-refractivity contribution in [1.29, 1.82) is 0 Å². The summed E-state index contributed by atoms with van der Waals surface area (Å²) in [4.78, 5) is 17.6. The van der Waals surface area contributed by atoms with Crippen molar-refractivity contribution in [3.63, 3.8) is 0 Å². The zero-order chi connectivity index (χ0) is 29.9. The lowest BCUT2D eigenvalue weighted by molar-refractivity contribution is -0.113. The van der Waals surface area contributed by atoms with E-state index in [1.54, 1.807) is 48.9 Å². The van der Waals surface area contributed by atoms with Crippen molar-refractivity contribution in [2.24, 2.45) is 0 Å². The zero-order valence-electron chi connectivity index (χ0n) is 23.7. The molecule has 1 aromatic heterocycles. The Kier molecular flexibility index (Phi) is 11.2. The van der Waals surface area contributed by atoms with Crippen LogP contribution in [0.1, 0.15) is 43.5 Å². The highest BCUT2D eigenvalue weighted by molar-refractivity contribution is 7.84. The van der Waals surface area contributed by atoms with Crippen molar-refractivity contribution in [2.45, 2.75) is 56.9 Å². The molecule has 1 atom stereocenters. The minimum Gasteiger partial charge on any atom is -0.494 e. The Morgan fingerprint density at radius 1 is 1.00 bits per heavy atom. The van der Waals surface area contributed by atoms with E-state index >= 15 is 0 Å². The summed E-state index contributed by atoms with van der Waals surface area (Å²) in [6.07, 6.45) is 8.31. The van der Waals surface area contributed by atoms with E-state index < -0.39 is 17.4 Å². The number of allylic oxidation sites excluding steroid dienone is 1. The molecule has 3 aromatic carbocycles. The lowest BCUT2D eigenvalue weighted by Crippen LogP contribution is -2.05. The lowest BCUT2D eigenvalue weighted by Gasteiger charge is -2.11. The number of ketones is 1. The molecule has 1 heterocycles. The molecule has 9 heteroatoms. The minimum atomic E-state index is -3.00. The topological polar surface area (TPSA) is 70.4 Å². The third-order valence-corrected chi connectivity index (χ3v) is 7.80. The van der Waals surface area contributed by atoms with Crippen molar-refractivity contribution in [2.75, 3.05) is 6.61 Å². The molecule has 0 unspecified atom stereocenters. The summed E-state index contributed by atoms with van der Waals surface area (Å²) in [6.45, 7) is 2.56. The van der Waals surface area contributed by atoms with Gasteiger partial charge >= 0.3 is 6.61 Å². The van der Waals surface area contributed by atoms with Gasteiger partial charge in [-0.25, -0.2) is 4.98 Å². The van der Waals surface area contributed by atoms with E-state index in [0.29, 0.717) is 22.8 Å². The largest absolute Gasteiger partial charge is 0.494 e. The summed E-state index contributed by atoms with van der Waals surface area (Å²) >= 11 is 0. The molecule has 0 bridgehead atoms. The average molecular weight is 593 g/mol. The quantitative estimate of drug-likeness (QED) is 0.134. The maximum absolute atomic E-state index is 13.1. The third-order valence-electron chi connectivity index (χ3n) is 6.44. The van der Waals surface area contributed by atoms with Crippen molar-refractivity contribution in [3.8, 4) is 22.6 Å². The number of imidazole rings is 1. The maximum atomic E-state index is 13.1. The SMILES string of the molecule is CCCOc1ccc(-c2ccc(OC(F)F)c(/C=C/C(=O)Cc3ccc([S@@](=O)Cc4cncn4CCC)cc3)c2)cc1. The summed E-state index contributed by atoms with van der Waals surface area (Å²) in [5, 5.41) is 0. The van der Waals surface area contributed by atoms with Gasteiger partial charge in [0.25, 0.3) is 0 Å². The summed E-state index contributed by atoms with van der Waals surface area (Å²) in [6, 6.07) is 19.5. The number of hydrogen-bond donors (Lipinski definition) is 0. The standard InChI is InChI=1S/C33H34F2N2O4S/c1-3-17-37-23-36-21-28(37)22-42(39)31-14-5-24(6-15-31)19-29(38)11-7-27-20-26(10-16-32(27)41-33(34)35)25-8-12-30(13-9-25)40-18-4-2/h5-16,20-21,23,33H,3-4,17-19,22H2,1-2H3/b11-7+/t42-/m0/s1. The number of hydrogen-bond acceptors (Lipinski definition) is 5. The van der Waals surface area contributed by atoms with Gasteiger partial charge in [0.15, 0.2) is 5.78 Å². The maximum Gasteiger partial charge on any atom is 0.387 e. The van der Waals surface area contributed by atoms with Gasteiger partial charge in [-0.1, -0.05) is 44.2 Å². The monoisotopic (exact) mass is 592 g/mol. The van der Waals surface area contributed by atoms with Crippen LogP contribution in [0.3, 0.4) is 0 Å². The fourth-order valence-electron chi connectivity index (χ4n) is 4.36. The Morgan fingerprint density at radius 2 is 1.74 bits per heavy atom. The number of carbonyl (C=O) groups excluding carboxylic acids is 1. The van der Waals surface area contributed by atoms with Crippen LogP contribution in [0, 0.1) is 0 Å². The van der Waals surface area contributed by atoms with Crippen LogP contribution >= 0.6 is 0 Å². The molecule has 4 aromatic rings. The van der Waals surface area contributed by atoms with Crippen molar-refractivity contribution >= 4 is 22.7 Å². The molecule has 0 fully saturated rings. The minimum absolute atomic E-state index is 0.0205. The fraction of sp³-hybridized carbons (Fsp3) is 0.273. The molecule has 4 rings (SSSR count). The Labute approximate surface area is 247 Å². The van der Waals surface area contributed by atoms with E-state index in [1.807, 2.05) is 35.8 Å². The Hall–Kier alpha value is -4.11. The van der Waals surface area contributed by atoms with Crippen LogP contribution in [0.2, 0.25) is 0 Å². The van der Waals surface area contributed by atoms with Gasteiger partial charge < -0.3 is 14.0 Å². The van der Waals surface area contributed by atoms with Crippen LogP contribution in [0.4, 0.5) is 8.78 Å². The summed E-state index contributed by atoms with van der Waals surface area (Å²) in [5.41, 5.74) is 3.68. The molecular weight excluding hydrogens is 558 g/mol. The number of carbonyl (C=O) groups is 1. The normalized spacial score (nSPS) is 12.1. The molecule has 220 valence electrons. The molecule has 6 nitrogen and oxygen atoms in total. The Bertz CT molecular complexity index is 1520. The summed E-state index contributed by atoms with van der Waals surface area (Å²) in [7, 11) is -1.25. The number of rotatable bonds is 15. The molecule has 42 heavy (non-hydrogen) atoms. The van der Waals surface area contributed by atoms with E-state index in [9.17, 15) is 17.8 Å². The van der Waals surface area contributed by atoms with Crippen molar-refractivity contribution in [3.05, 3.63) is 102 Å². The molecule has 0 N–H and O–H groups in total. The highest BCUT2D eigenvalue weighted by Gasteiger charge is 2.12. The Morgan fingerprint density at radius 3 is 2.43 bits per heavy atom. The predicted octanol–water partition coefficient (Wildman–Crippen LogP) is 7.48. The number of ether oxygens (including phenoxy) is 2. The van der Waals surface area contributed by atoms with E-state index in [1.165, 1.54) is 18.2 Å². The zero-order valence-corrected chi connectivity index (χ0v) is 24.5. The molecular formula is C33H34F2N2O4S. The van der Waals surface area contributed by atoms with Gasteiger partial charge in [0.05, 0.1) is 35.2 Å². The van der Waals surface area contributed by atoms with Crippen LogP contribution in [0.15, 0.2) is 90.2 Å². The van der Waals surface area contributed by atoms with Gasteiger partial charge in [0.1, 0.15) is 11.5 Å². The van der Waals surface area contributed by atoms with Gasteiger partial charge in [-0.15, -0.1) is 0 Å². The smallest absolute Gasteiger partial charge is 0.387 e. The van der Waals surface area contributed by atoms with E-state index in [-0.39, 0.29) is 18.0 Å². The third kappa shape index (κ3) is 8.69. The van der Waals surface area contributed by atoms with Gasteiger partial charge in [0.2, 0.25) is 0 Å². The van der Waals surface area contributed by atoms with Gasteiger partial charge in [-0.2, -0.15) is 8.78 Å². The molecule has 0 radical (unpaired) electrons. The first kappa shape index (κ1) is 30.8. The number of benzene rings is 3. The van der Waals surface area contributed by atoms with Crippen molar-refractivity contribution < 1.29 is 27.3 Å². The molecule has 0 amide bonds. The second kappa shape index (κ2) is 15.2. The van der Waals surface area contributed by atoms with Gasteiger partial charge in [0, 0.05) is 29.6 Å². The van der Waals surface area contributed by atoms with E-state index in [2.05, 4.69) is 11.9 Å². The first-order valence-corrected chi connectivity index (χ1v) is 15.2. The predicted molar refractivity (Wildman–Crippen MR) is 161 cm³/mol. The molecule has 0 aliphatic heterocycles. The van der Waals surface area contributed by atoms with Crippen LogP contribution in [-0.4, -0.2) is 32.8 Å². The van der Waals surface area contributed by atoms with Crippen LogP contribution in [0.5, 0.6) is 11.5 Å². The molecule has 0 spiro atoms. The Balaban J connectivity index is 1.43. The summed E-state index contributed by atoms with van der Waals surface area (Å²) in [5.74, 6) is 0.883. The van der Waals surface area contributed by atoms with Crippen LogP contribution in [0.25, 0.3) is 17.2 Å². The first-order valence-electron chi connectivity index (χ1n) is 13.9. The van der Waals surface area contributed by atoms with E-state index in [0.717, 1.165) is 47.5 Å².